The molecule has 0 atom stereocenters. The number of rotatable bonds is 2. The lowest BCUT2D eigenvalue weighted by Crippen LogP contribution is -2.54. The SMILES string of the molecule is CC(C)(C)[Si](C)(C)NC(=O)c1cccnc1. The van der Waals surface area contributed by atoms with Gasteiger partial charge < -0.3 is 4.98 Å². The van der Waals surface area contributed by atoms with Crippen LogP contribution in [-0.4, -0.2) is 19.1 Å². The average molecular weight is 236 g/mol. The molecule has 1 amide bonds. The van der Waals surface area contributed by atoms with Crippen molar-refractivity contribution in [1.82, 2.24) is 9.97 Å². The van der Waals surface area contributed by atoms with Crippen LogP contribution in [-0.2, 0) is 0 Å². The minimum absolute atomic E-state index is 0.0142. The number of hydrogen-bond donors (Lipinski definition) is 1. The Balaban J connectivity index is 2.80. The van der Waals surface area contributed by atoms with E-state index in [4.69, 9.17) is 0 Å². The summed E-state index contributed by atoms with van der Waals surface area (Å²) in [6.07, 6.45) is 3.27. The molecule has 0 saturated carbocycles. The molecule has 4 heteroatoms. The second-order valence-electron chi connectivity index (χ2n) is 5.57. The van der Waals surface area contributed by atoms with Crippen molar-refractivity contribution >= 4 is 14.1 Å². The zero-order chi connectivity index (χ0) is 12.4. The fraction of sp³-hybridized carbons (Fsp3) is 0.500. The Kier molecular flexibility index (Phi) is 3.53. The summed E-state index contributed by atoms with van der Waals surface area (Å²) >= 11 is 0. The minimum Gasteiger partial charge on any atom is -0.378 e. The summed E-state index contributed by atoms with van der Waals surface area (Å²) in [5.41, 5.74) is 0.632. The second kappa shape index (κ2) is 4.37. The highest BCUT2D eigenvalue weighted by Gasteiger charge is 2.37. The van der Waals surface area contributed by atoms with E-state index in [1.165, 1.54) is 0 Å². The number of carbonyl (C=O) groups is 1. The largest absolute Gasteiger partial charge is 0.378 e. The molecule has 1 aromatic rings. The van der Waals surface area contributed by atoms with Crippen LogP contribution in [0.4, 0.5) is 0 Å². The van der Waals surface area contributed by atoms with Gasteiger partial charge in [0.15, 0.2) is 8.24 Å². The second-order valence-corrected chi connectivity index (χ2v) is 10.6. The first-order valence-electron chi connectivity index (χ1n) is 5.46. The van der Waals surface area contributed by atoms with Crippen molar-refractivity contribution in [2.24, 2.45) is 0 Å². The van der Waals surface area contributed by atoms with Crippen molar-refractivity contribution in [3.05, 3.63) is 30.1 Å². The molecule has 1 N–H and O–H groups in total. The first kappa shape index (κ1) is 12.9. The van der Waals surface area contributed by atoms with Crippen LogP contribution in [0.15, 0.2) is 24.5 Å². The van der Waals surface area contributed by atoms with E-state index >= 15 is 0 Å². The zero-order valence-electron chi connectivity index (χ0n) is 10.7. The first-order valence-corrected chi connectivity index (χ1v) is 8.46. The fourth-order valence-corrected chi connectivity index (χ4v) is 2.13. The Hall–Kier alpha value is -1.16. The van der Waals surface area contributed by atoms with E-state index in [2.05, 4.69) is 43.8 Å². The highest BCUT2D eigenvalue weighted by atomic mass is 28.3. The molecule has 0 saturated heterocycles. The van der Waals surface area contributed by atoms with Gasteiger partial charge in [0, 0.05) is 12.4 Å². The highest BCUT2D eigenvalue weighted by Crippen LogP contribution is 2.33. The minimum atomic E-state index is -1.78. The lowest BCUT2D eigenvalue weighted by Gasteiger charge is -2.37. The Morgan fingerprint density at radius 3 is 2.44 bits per heavy atom. The predicted octanol–water partition coefficient (Wildman–Crippen LogP) is 2.82. The molecule has 0 aliphatic carbocycles. The maximum absolute atomic E-state index is 12.0. The standard InChI is InChI=1S/C12H20N2OSi/c1-12(2,3)16(4,5)14-11(15)10-7-6-8-13-9-10/h6-9H,1-5H3,(H,14,15). The molecule has 0 bridgehead atoms. The third-order valence-corrected chi connectivity index (χ3v) is 7.83. The average Bonchev–Trinajstić information content (AvgIpc) is 2.16. The van der Waals surface area contributed by atoms with Gasteiger partial charge in [0.05, 0.1) is 5.56 Å². The molecule has 0 fully saturated rings. The number of pyridine rings is 1. The van der Waals surface area contributed by atoms with Gasteiger partial charge in [-0.1, -0.05) is 33.9 Å². The number of carbonyl (C=O) groups excluding carboxylic acids is 1. The maximum atomic E-state index is 12.0. The van der Waals surface area contributed by atoms with Gasteiger partial charge in [-0.25, -0.2) is 0 Å². The van der Waals surface area contributed by atoms with Crippen molar-refractivity contribution in [1.29, 1.82) is 0 Å². The highest BCUT2D eigenvalue weighted by molar-refractivity contribution is 6.80. The Morgan fingerprint density at radius 2 is 2.00 bits per heavy atom. The molecule has 0 aromatic carbocycles. The molecule has 1 heterocycles. The van der Waals surface area contributed by atoms with E-state index in [0.29, 0.717) is 5.56 Å². The van der Waals surface area contributed by atoms with Gasteiger partial charge in [-0.05, 0) is 17.2 Å². The van der Waals surface area contributed by atoms with Crippen molar-refractivity contribution in [3.63, 3.8) is 0 Å². The maximum Gasteiger partial charge on any atom is 0.245 e. The number of nitrogens with one attached hydrogen (secondary N) is 1. The van der Waals surface area contributed by atoms with Gasteiger partial charge >= 0.3 is 0 Å². The van der Waals surface area contributed by atoms with Gasteiger partial charge in [-0.3, -0.25) is 9.78 Å². The monoisotopic (exact) mass is 236 g/mol. The normalized spacial score (nSPS) is 12.3. The van der Waals surface area contributed by atoms with Crippen molar-refractivity contribution in [2.45, 2.75) is 38.9 Å². The predicted molar refractivity (Wildman–Crippen MR) is 68.9 cm³/mol. The Labute approximate surface area is 98.4 Å². The molecule has 0 unspecified atom stereocenters. The van der Waals surface area contributed by atoms with Gasteiger partial charge in [0.25, 0.3) is 0 Å². The van der Waals surface area contributed by atoms with E-state index in [9.17, 15) is 4.79 Å². The van der Waals surface area contributed by atoms with E-state index in [-0.39, 0.29) is 10.9 Å². The zero-order valence-corrected chi connectivity index (χ0v) is 11.7. The first-order chi connectivity index (χ1) is 7.24. The summed E-state index contributed by atoms with van der Waals surface area (Å²) in [7, 11) is -1.78. The summed E-state index contributed by atoms with van der Waals surface area (Å²) in [5, 5.41) is 0.144. The molecular weight excluding hydrogens is 216 g/mol. The van der Waals surface area contributed by atoms with E-state index in [1.54, 1.807) is 24.5 Å². The Morgan fingerprint density at radius 1 is 1.38 bits per heavy atom. The van der Waals surface area contributed by atoms with Crippen molar-refractivity contribution < 1.29 is 4.79 Å². The number of hydrogen-bond acceptors (Lipinski definition) is 2. The molecule has 1 aromatic heterocycles. The van der Waals surface area contributed by atoms with Gasteiger partial charge in [0.1, 0.15) is 0 Å². The van der Waals surface area contributed by atoms with Gasteiger partial charge in [-0.15, -0.1) is 0 Å². The lowest BCUT2D eigenvalue weighted by molar-refractivity contribution is 0.0976. The summed E-state index contributed by atoms with van der Waals surface area (Å²) in [6, 6.07) is 3.57. The van der Waals surface area contributed by atoms with Crippen LogP contribution in [0.5, 0.6) is 0 Å². The van der Waals surface area contributed by atoms with Gasteiger partial charge in [0.2, 0.25) is 5.91 Å². The smallest absolute Gasteiger partial charge is 0.245 e. The molecule has 0 aliphatic rings. The van der Waals surface area contributed by atoms with E-state index in [0.717, 1.165) is 0 Å². The van der Waals surface area contributed by atoms with Crippen LogP contribution >= 0.6 is 0 Å². The number of nitrogens with zero attached hydrogens (tertiary/aromatic N) is 1. The fourth-order valence-electron chi connectivity index (χ4n) is 1.04. The molecule has 88 valence electrons. The summed E-state index contributed by atoms with van der Waals surface area (Å²) in [6.45, 7) is 10.8. The third kappa shape index (κ3) is 2.92. The molecule has 0 spiro atoms. The molecule has 0 aliphatic heterocycles. The van der Waals surface area contributed by atoms with Crippen LogP contribution in [0, 0.1) is 0 Å². The van der Waals surface area contributed by atoms with Crippen molar-refractivity contribution in [2.75, 3.05) is 0 Å². The molecule has 1 rings (SSSR count). The van der Waals surface area contributed by atoms with Crippen molar-refractivity contribution in [3.8, 4) is 0 Å². The topological polar surface area (TPSA) is 42.0 Å². The molecule has 0 radical (unpaired) electrons. The molecule has 3 nitrogen and oxygen atoms in total. The van der Waals surface area contributed by atoms with Crippen LogP contribution < -0.4 is 4.98 Å². The van der Waals surface area contributed by atoms with E-state index < -0.39 is 8.24 Å². The van der Waals surface area contributed by atoms with Crippen LogP contribution in [0.25, 0.3) is 0 Å². The number of aromatic nitrogens is 1. The molecular formula is C12H20N2OSi. The lowest BCUT2D eigenvalue weighted by atomic mass is 10.2. The van der Waals surface area contributed by atoms with Gasteiger partial charge in [-0.2, -0.15) is 0 Å². The number of amides is 1. The van der Waals surface area contributed by atoms with Crippen LogP contribution in [0.2, 0.25) is 18.1 Å². The van der Waals surface area contributed by atoms with Crippen LogP contribution in [0.3, 0.4) is 0 Å². The quantitative estimate of drug-likeness (QED) is 0.802. The summed E-state index contributed by atoms with van der Waals surface area (Å²) in [4.78, 5) is 19.1. The van der Waals surface area contributed by atoms with E-state index in [1.807, 2.05) is 0 Å². The van der Waals surface area contributed by atoms with Crippen LogP contribution in [0.1, 0.15) is 31.1 Å². The Bertz CT molecular complexity index is 368. The summed E-state index contributed by atoms with van der Waals surface area (Å²) in [5.74, 6) is -0.0142. The molecule has 16 heavy (non-hydrogen) atoms. The third-order valence-electron chi connectivity index (χ3n) is 3.22. The summed E-state index contributed by atoms with van der Waals surface area (Å²) < 4.78 is 0.